The van der Waals surface area contributed by atoms with Crippen molar-refractivity contribution < 1.29 is 26.6 Å². The van der Waals surface area contributed by atoms with Gasteiger partial charge in [0.15, 0.2) is 0 Å². The second-order valence-corrected chi connectivity index (χ2v) is 1.56. The molecule has 0 unspecified atom stereocenters. The van der Waals surface area contributed by atoms with Gasteiger partial charge in [-0.25, -0.2) is 0 Å². The first kappa shape index (κ1) is 11.7. The van der Waals surface area contributed by atoms with Gasteiger partial charge in [0.05, 0.1) is 6.61 Å². The third kappa shape index (κ3) is 7.99. The van der Waals surface area contributed by atoms with Crippen molar-refractivity contribution in [3.8, 4) is 0 Å². The summed E-state index contributed by atoms with van der Waals surface area (Å²) in [4.78, 5) is 10.4. The molecule has 0 saturated carbocycles. The molecule has 0 N–H and O–H groups in total. The van der Waals surface area contributed by atoms with Crippen LogP contribution in [0.5, 0.6) is 0 Å². The summed E-state index contributed by atoms with van der Waals surface area (Å²) in [5.41, 5.74) is 0. The van der Waals surface area contributed by atoms with Gasteiger partial charge in [0.1, 0.15) is 0 Å². The summed E-state index contributed by atoms with van der Waals surface area (Å²) in [6.07, 6.45) is 1.42. The molecule has 0 aromatic heterocycles. The standard InChI is InChI=1S/C6H12O2.Mn/c1-3-5-6(7)8-4-2;/h3-5H2,1-2H3;. The maximum absolute atomic E-state index is 10.4. The average molecular weight is 171 g/mol. The van der Waals surface area contributed by atoms with Gasteiger partial charge in [0.25, 0.3) is 0 Å². The van der Waals surface area contributed by atoms with Gasteiger partial charge < -0.3 is 4.74 Å². The number of ether oxygens (including phenoxy) is 1. The summed E-state index contributed by atoms with van der Waals surface area (Å²) in [7, 11) is 0. The zero-order valence-corrected chi connectivity index (χ0v) is 7.00. The summed E-state index contributed by atoms with van der Waals surface area (Å²) in [5.74, 6) is -0.0880. The van der Waals surface area contributed by atoms with E-state index in [4.69, 9.17) is 0 Å². The van der Waals surface area contributed by atoms with E-state index in [2.05, 4.69) is 4.74 Å². The molecule has 0 atom stereocenters. The number of esters is 1. The molecule has 0 amide bonds. The summed E-state index contributed by atoms with van der Waals surface area (Å²) < 4.78 is 4.64. The van der Waals surface area contributed by atoms with Crippen molar-refractivity contribution in [1.29, 1.82) is 0 Å². The van der Waals surface area contributed by atoms with Crippen LogP contribution < -0.4 is 0 Å². The maximum Gasteiger partial charge on any atom is 0.305 e. The average Bonchev–Trinajstić information content (AvgIpc) is 1.68. The fourth-order valence-corrected chi connectivity index (χ4v) is 0.437. The first-order chi connectivity index (χ1) is 3.81. The third-order valence-electron chi connectivity index (χ3n) is 0.759. The van der Waals surface area contributed by atoms with E-state index in [1.165, 1.54) is 0 Å². The van der Waals surface area contributed by atoms with E-state index in [0.29, 0.717) is 13.0 Å². The van der Waals surface area contributed by atoms with Crippen LogP contribution in [0.2, 0.25) is 0 Å². The molecule has 0 spiro atoms. The first-order valence-electron chi connectivity index (χ1n) is 2.96. The van der Waals surface area contributed by atoms with E-state index in [0.717, 1.165) is 6.42 Å². The zero-order valence-electron chi connectivity index (χ0n) is 5.82. The molecule has 0 fully saturated rings. The summed E-state index contributed by atoms with van der Waals surface area (Å²) in [6, 6.07) is 0. The molecule has 0 saturated heterocycles. The van der Waals surface area contributed by atoms with Crippen molar-refractivity contribution in [3.63, 3.8) is 0 Å². The molecule has 0 aliphatic carbocycles. The largest absolute Gasteiger partial charge is 0.466 e. The Hall–Kier alpha value is -0.0105. The molecule has 55 valence electrons. The van der Waals surface area contributed by atoms with Crippen LogP contribution in [0.3, 0.4) is 0 Å². The maximum atomic E-state index is 10.4. The summed E-state index contributed by atoms with van der Waals surface area (Å²) in [5, 5.41) is 0. The minimum Gasteiger partial charge on any atom is -0.466 e. The van der Waals surface area contributed by atoms with Gasteiger partial charge in [0.2, 0.25) is 0 Å². The van der Waals surface area contributed by atoms with E-state index in [1.54, 1.807) is 0 Å². The van der Waals surface area contributed by atoms with Crippen molar-refractivity contribution in [3.05, 3.63) is 0 Å². The fraction of sp³-hybridized carbons (Fsp3) is 0.833. The van der Waals surface area contributed by atoms with Crippen LogP contribution in [0, 0.1) is 0 Å². The Morgan fingerprint density at radius 2 is 2.00 bits per heavy atom. The Morgan fingerprint density at radius 1 is 1.44 bits per heavy atom. The molecule has 1 radical (unpaired) electrons. The Balaban J connectivity index is 0. The van der Waals surface area contributed by atoms with Crippen LogP contribution in [0.1, 0.15) is 26.7 Å². The van der Waals surface area contributed by atoms with Crippen molar-refractivity contribution in [2.45, 2.75) is 26.7 Å². The predicted octanol–water partition coefficient (Wildman–Crippen LogP) is 1.35. The van der Waals surface area contributed by atoms with E-state index in [-0.39, 0.29) is 23.0 Å². The zero-order chi connectivity index (χ0) is 6.41. The smallest absolute Gasteiger partial charge is 0.305 e. The number of carbonyl (C=O) groups excluding carboxylic acids is 1. The Bertz CT molecular complexity index is 65.5. The van der Waals surface area contributed by atoms with E-state index in [1.807, 2.05) is 13.8 Å². The van der Waals surface area contributed by atoms with Crippen molar-refractivity contribution >= 4 is 5.97 Å². The molecule has 3 heteroatoms. The van der Waals surface area contributed by atoms with Gasteiger partial charge in [-0.3, -0.25) is 4.79 Å². The van der Waals surface area contributed by atoms with Crippen LogP contribution in [0.15, 0.2) is 0 Å². The Labute approximate surface area is 66.4 Å². The van der Waals surface area contributed by atoms with Gasteiger partial charge in [-0.1, -0.05) is 6.92 Å². The quantitative estimate of drug-likeness (QED) is 0.473. The van der Waals surface area contributed by atoms with Crippen molar-refractivity contribution in [2.75, 3.05) is 6.61 Å². The number of hydrogen-bond donors (Lipinski definition) is 0. The number of hydrogen-bond acceptors (Lipinski definition) is 2. The van der Waals surface area contributed by atoms with Crippen LogP contribution >= 0.6 is 0 Å². The molecule has 0 rings (SSSR count). The predicted molar refractivity (Wildman–Crippen MR) is 31.5 cm³/mol. The molecule has 0 aromatic carbocycles. The monoisotopic (exact) mass is 171 g/mol. The van der Waals surface area contributed by atoms with Gasteiger partial charge >= 0.3 is 5.97 Å². The SMILES string of the molecule is CCCC(=O)OCC.[Mn]. The summed E-state index contributed by atoms with van der Waals surface area (Å²) >= 11 is 0. The van der Waals surface area contributed by atoms with Gasteiger partial charge in [-0.2, -0.15) is 0 Å². The number of rotatable bonds is 3. The number of carbonyl (C=O) groups is 1. The van der Waals surface area contributed by atoms with Crippen molar-refractivity contribution in [2.24, 2.45) is 0 Å². The molecule has 0 aromatic rings. The molecule has 0 aliphatic heterocycles. The normalized spacial score (nSPS) is 7.78. The molecular formula is C6H12MnO2. The summed E-state index contributed by atoms with van der Waals surface area (Å²) in [6.45, 7) is 4.27. The molecular weight excluding hydrogens is 159 g/mol. The Morgan fingerprint density at radius 3 is 2.33 bits per heavy atom. The molecule has 2 nitrogen and oxygen atoms in total. The van der Waals surface area contributed by atoms with Crippen molar-refractivity contribution in [1.82, 2.24) is 0 Å². The molecule has 0 bridgehead atoms. The van der Waals surface area contributed by atoms with E-state index < -0.39 is 0 Å². The van der Waals surface area contributed by atoms with E-state index >= 15 is 0 Å². The Kier molecular flexibility index (Phi) is 10.4. The third-order valence-corrected chi connectivity index (χ3v) is 0.759. The van der Waals surface area contributed by atoms with Crippen LogP contribution in [-0.2, 0) is 26.6 Å². The second kappa shape index (κ2) is 7.99. The molecule has 0 aliphatic rings. The first-order valence-corrected chi connectivity index (χ1v) is 2.96. The van der Waals surface area contributed by atoms with E-state index in [9.17, 15) is 4.79 Å². The second-order valence-electron chi connectivity index (χ2n) is 1.56. The topological polar surface area (TPSA) is 26.3 Å². The van der Waals surface area contributed by atoms with Crippen LogP contribution in [-0.4, -0.2) is 12.6 Å². The van der Waals surface area contributed by atoms with Gasteiger partial charge in [-0.05, 0) is 13.3 Å². The minimum atomic E-state index is -0.0880. The molecule has 0 heterocycles. The van der Waals surface area contributed by atoms with Gasteiger partial charge in [-0.15, -0.1) is 0 Å². The van der Waals surface area contributed by atoms with Gasteiger partial charge in [0, 0.05) is 23.5 Å². The van der Waals surface area contributed by atoms with Crippen LogP contribution in [0.25, 0.3) is 0 Å². The fourth-order valence-electron chi connectivity index (χ4n) is 0.437. The van der Waals surface area contributed by atoms with Crippen LogP contribution in [0.4, 0.5) is 0 Å². The molecule has 9 heavy (non-hydrogen) atoms. The minimum absolute atomic E-state index is 0.